The lowest BCUT2D eigenvalue weighted by molar-refractivity contribution is -0.0441. The van der Waals surface area contributed by atoms with E-state index in [0.29, 0.717) is 40.9 Å². The largest absolute Gasteiger partial charge is 0.502 e. The number of rotatable bonds is 13. The Morgan fingerprint density at radius 3 is 2.36 bits per heavy atom. The zero-order valence-corrected chi connectivity index (χ0v) is 38.5. The zero-order chi connectivity index (χ0) is 47.1. The second-order valence-corrected chi connectivity index (χ2v) is 21.6. The molecule has 8 rings (SSSR count). The van der Waals surface area contributed by atoms with Gasteiger partial charge in [-0.3, -0.25) is 9.69 Å². The van der Waals surface area contributed by atoms with E-state index in [0.717, 1.165) is 45.0 Å². The molecular weight excluding hydrogens is 926 g/mol. The molecule has 0 bridgehead atoms. The summed E-state index contributed by atoms with van der Waals surface area (Å²) in [6, 6.07) is 17.7. The van der Waals surface area contributed by atoms with Gasteiger partial charge in [-0.15, -0.1) is 0 Å². The van der Waals surface area contributed by atoms with E-state index in [9.17, 15) is 34.8 Å². The van der Waals surface area contributed by atoms with Crippen LogP contribution >= 0.6 is 11.6 Å². The second-order valence-electron chi connectivity index (χ2n) is 17.6. The second kappa shape index (κ2) is 18.5. The number of benzene rings is 3. The van der Waals surface area contributed by atoms with Crippen molar-refractivity contribution in [2.45, 2.75) is 66.9 Å². The van der Waals surface area contributed by atoms with Crippen LogP contribution in [0.15, 0.2) is 101 Å². The number of nitrogens with zero attached hydrogens (tertiary/aromatic N) is 3. The van der Waals surface area contributed by atoms with Crippen LogP contribution in [0.4, 0.5) is 23.2 Å². The van der Waals surface area contributed by atoms with E-state index in [1.165, 1.54) is 29.0 Å². The fraction of sp³-hybridized carbons (Fsp3) is 0.391. The van der Waals surface area contributed by atoms with E-state index in [2.05, 4.69) is 45.7 Å². The zero-order valence-electron chi connectivity index (χ0n) is 36.1. The number of alkyl halides is 4. The molecule has 352 valence electrons. The summed E-state index contributed by atoms with van der Waals surface area (Å²) in [5.41, 5.74) is -2.82. The van der Waals surface area contributed by atoms with Crippen molar-refractivity contribution in [3.05, 3.63) is 107 Å². The lowest BCUT2D eigenvalue weighted by Gasteiger charge is -2.39. The van der Waals surface area contributed by atoms with Crippen LogP contribution in [0.2, 0.25) is 5.02 Å². The number of H-pyrrole nitrogens is 1. The molecule has 1 amide bonds. The van der Waals surface area contributed by atoms with Gasteiger partial charge < -0.3 is 24.1 Å². The number of aromatic amines is 1. The molecule has 3 aromatic carbocycles. The predicted molar refractivity (Wildman–Crippen MR) is 241 cm³/mol. The Kier molecular flexibility index (Phi) is 13.2. The van der Waals surface area contributed by atoms with Gasteiger partial charge in [-0.1, -0.05) is 43.2 Å². The summed E-state index contributed by atoms with van der Waals surface area (Å²) >= 11 is 6.22. The van der Waals surface area contributed by atoms with Gasteiger partial charge in [0.2, 0.25) is 0 Å². The van der Waals surface area contributed by atoms with Gasteiger partial charge in [0.1, 0.15) is 40.1 Å². The van der Waals surface area contributed by atoms with Gasteiger partial charge in [0.25, 0.3) is 25.8 Å². The summed E-state index contributed by atoms with van der Waals surface area (Å²) in [4.78, 5) is 23.2. The van der Waals surface area contributed by atoms with Crippen LogP contribution in [0, 0.1) is 5.41 Å². The Morgan fingerprint density at radius 2 is 1.65 bits per heavy atom. The number of hydrogen-bond acceptors (Lipinski definition) is 11. The van der Waals surface area contributed by atoms with Gasteiger partial charge >= 0.3 is 5.51 Å². The molecule has 2 saturated heterocycles. The van der Waals surface area contributed by atoms with Crippen molar-refractivity contribution in [1.82, 2.24) is 19.6 Å². The summed E-state index contributed by atoms with van der Waals surface area (Å²) in [6.45, 7) is 7.30. The summed E-state index contributed by atoms with van der Waals surface area (Å²) in [7, 11) is -11.3. The molecule has 13 nitrogen and oxygen atoms in total. The number of sulfonamides is 1. The van der Waals surface area contributed by atoms with E-state index in [1.54, 1.807) is 30.5 Å². The highest BCUT2D eigenvalue weighted by Crippen LogP contribution is 2.44. The van der Waals surface area contributed by atoms with Crippen molar-refractivity contribution in [2.75, 3.05) is 57.4 Å². The molecule has 1 aliphatic carbocycles. The van der Waals surface area contributed by atoms with Gasteiger partial charge in [-0.25, -0.2) is 30.9 Å². The molecule has 66 heavy (non-hydrogen) atoms. The van der Waals surface area contributed by atoms with Crippen molar-refractivity contribution in [2.24, 2.45) is 5.41 Å². The maximum Gasteiger partial charge on any atom is 0.502 e. The topological polar surface area (TPSA) is 160 Å². The molecule has 2 aromatic heterocycles. The number of halogens is 5. The maximum atomic E-state index is 15.3. The fourth-order valence-electron chi connectivity index (χ4n) is 8.41. The number of nitrogens with one attached hydrogen (secondary N) is 2. The Labute approximate surface area is 385 Å². The molecule has 0 radical (unpaired) electrons. The number of sulfone groups is 1. The van der Waals surface area contributed by atoms with Crippen molar-refractivity contribution >= 4 is 59.7 Å². The van der Waals surface area contributed by atoms with Crippen LogP contribution < -0.4 is 19.1 Å². The highest BCUT2D eigenvalue weighted by Gasteiger charge is 2.49. The number of fused-ring (bicyclic) bond motifs is 1. The molecule has 5 aromatic rings. The van der Waals surface area contributed by atoms with E-state index in [-0.39, 0.29) is 54.6 Å². The summed E-state index contributed by atoms with van der Waals surface area (Å²) in [5.74, 6) is -1.98. The quantitative estimate of drug-likeness (QED) is 0.108. The van der Waals surface area contributed by atoms with Crippen LogP contribution in [0.3, 0.4) is 0 Å². The molecule has 4 heterocycles. The Balaban J connectivity index is 1.04. The number of piperazine rings is 1. The number of anilines is 1. The average Bonchev–Trinajstić information content (AvgIpc) is 3.75. The van der Waals surface area contributed by atoms with Crippen LogP contribution in [-0.4, -0.2) is 101 Å². The minimum Gasteiger partial charge on any atom is -0.489 e. The van der Waals surface area contributed by atoms with Gasteiger partial charge in [-0.2, -0.15) is 13.2 Å². The van der Waals surface area contributed by atoms with Crippen LogP contribution in [0.5, 0.6) is 17.2 Å². The van der Waals surface area contributed by atoms with Crippen molar-refractivity contribution in [3.8, 4) is 17.2 Å². The normalized spacial score (nSPS) is 18.3. The average molecular weight is 974 g/mol. The highest BCUT2D eigenvalue weighted by molar-refractivity contribution is 7.92. The summed E-state index contributed by atoms with van der Waals surface area (Å²) < 4.78 is 128. The first-order valence-corrected chi connectivity index (χ1v) is 24.6. The van der Waals surface area contributed by atoms with Crippen LogP contribution in [0.25, 0.3) is 16.6 Å². The number of allylic oxidation sites excluding steroid dienone is 1. The molecule has 0 unspecified atom stereocenters. The van der Waals surface area contributed by atoms with E-state index >= 15 is 4.39 Å². The predicted octanol–water partition coefficient (Wildman–Crippen LogP) is 9.10. The minimum atomic E-state index is -6.23. The highest BCUT2D eigenvalue weighted by atomic mass is 35.5. The number of aromatic nitrogens is 2. The van der Waals surface area contributed by atoms with Crippen LogP contribution in [-0.2, 0) is 24.6 Å². The fourth-order valence-corrected chi connectivity index (χ4v) is 10.5. The molecule has 2 aliphatic heterocycles. The Hall–Kier alpha value is -5.21. The molecule has 0 saturated carbocycles. The smallest absolute Gasteiger partial charge is 0.489 e. The molecule has 20 heteroatoms. The number of carbonyl (C=O) groups excluding carboxylic acids is 1. The number of pyridine rings is 1. The van der Waals surface area contributed by atoms with Crippen LogP contribution in [0.1, 0.15) is 61.9 Å². The molecule has 2 N–H and O–H groups in total. The van der Waals surface area contributed by atoms with Gasteiger partial charge in [0.05, 0.1) is 16.7 Å². The van der Waals surface area contributed by atoms with E-state index < -0.39 is 59.1 Å². The Morgan fingerprint density at radius 1 is 0.924 bits per heavy atom. The van der Waals surface area contributed by atoms with E-state index in [4.69, 9.17) is 25.8 Å². The standard InChI is InChI=1S/C46H48ClF4N5O8S2/c1-44(2)13-11-32(38(26-44)30-3-5-33(47)6-4-30)28-55-17-19-56(20-18-55)34-7-9-37(40(24-34)64-35-23-31-12-16-52-42(31)53-27-35)43(57)54-66(60,61)36-8-10-39(41(25-36)65(58,59)46(49,50)51)63-29-45(48)14-21-62-22-15-45/h3-10,12,16,23-25,27H,11,13-15,17-22,26,28-29H2,1-2H3,(H,52,53)(H,54,57). The Bertz CT molecular complexity index is 2880. The molecule has 0 atom stereocenters. The lowest BCUT2D eigenvalue weighted by Crippen LogP contribution is -2.47. The number of hydrogen-bond donors (Lipinski definition) is 2. The third-order valence-electron chi connectivity index (χ3n) is 12.3. The first-order chi connectivity index (χ1) is 31.2. The number of ether oxygens (including phenoxy) is 3. The number of amides is 1. The first-order valence-electron chi connectivity index (χ1n) is 21.3. The molecule has 2 fully saturated rings. The summed E-state index contributed by atoms with van der Waals surface area (Å²) in [6.07, 6.45) is 5.82. The maximum absolute atomic E-state index is 15.3. The van der Waals surface area contributed by atoms with Gasteiger partial charge in [0.15, 0.2) is 0 Å². The third kappa shape index (κ3) is 10.5. The summed E-state index contributed by atoms with van der Waals surface area (Å²) in [5, 5.41) is 1.38. The van der Waals surface area contributed by atoms with E-state index in [1.807, 2.05) is 16.9 Å². The lowest BCUT2D eigenvalue weighted by atomic mass is 9.72. The SMILES string of the molecule is CC1(C)CCC(CN2CCN(c3ccc(C(=O)NS(=O)(=O)c4ccc(OCC5(F)CCOCC5)c(S(=O)(=O)C(F)(F)F)c4)c(Oc4cnc5[nH]ccc5c4)c3)CC2)=C(c2ccc(Cl)cc2)C1. The van der Waals surface area contributed by atoms with Crippen molar-refractivity contribution in [1.29, 1.82) is 0 Å². The van der Waals surface area contributed by atoms with Crippen molar-refractivity contribution in [3.63, 3.8) is 0 Å². The monoisotopic (exact) mass is 973 g/mol. The van der Waals surface area contributed by atoms with Crippen molar-refractivity contribution < 1.29 is 53.4 Å². The van der Waals surface area contributed by atoms with Gasteiger partial charge in [-0.05, 0) is 90.4 Å². The molecular formula is C46H48ClF4N5O8S2. The third-order valence-corrected chi connectivity index (χ3v) is 15.4. The number of carbonyl (C=O) groups is 1. The minimum absolute atomic E-state index is 0.0151. The molecule has 0 spiro atoms. The first kappa shape index (κ1) is 47.3. The molecule has 3 aliphatic rings. The van der Waals surface area contributed by atoms with Gasteiger partial charge in [0, 0.05) is 87.1 Å².